The summed E-state index contributed by atoms with van der Waals surface area (Å²) in [6, 6.07) is 0. The topological polar surface area (TPSA) is 61.8 Å². The van der Waals surface area contributed by atoms with E-state index in [-0.39, 0.29) is 12.4 Å². The average molecular weight is 214 g/mol. The van der Waals surface area contributed by atoms with E-state index < -0.39 is 17.2 Å². The highest BCUT2D eigenvalue weighted by Crippen LogP contribution is 2.45. The van der Waals surface area contributed by atoms with Crippen LogP contribution in [0.25, 0.3) is 0 Å². The van der Waals surface area contributed by atoms with Crippen LogP contribution in [0, 0.1) is 0 Å². The van der Waals surface area contributed by atoms with Crippen molar-refractivity contribution in [1.82, 2.24) is 0 Å². The molecule has 84 valence electrons. The number of ketones is 1. The Morgan fingerprint density at radius 3 is 2.73 bits per heavy atom. The van der Waals surface area contributed by atoms with Crippen molar-refractivity contribution in [2.45, 2.75) is 31.0 Å². The van der Waals surface area contributed by atoms with E-state index in [0.717, 1.165) is 0 Å². The van der Waals surface area contributed by atoms with Crippen molar-refractivity contribution in [2.75, 3.05) is 20.3 Å². The molecule has 1 saturated heterocycles. The summed E-state index contributed by atoms with van der Waals surface area (Å²) in [7, 11) is 1.25. The van der Waals surface area contributed by atoms with Crippen LogP contribution in [-0.2, 0) is 23.8 Å². The second kappa shape index (κ2) is 3.28. The highest BCUT2D eigenvalue weighted by molar-refractivity contribution is 6.10. The van der Waals surface area contributed by atoms with Gasteiger partial charge in [0, 0.05) is 6.42 Å². The zero-order valence-corrected chi connectivity index (χ0v) is 8.87. The van der Waals surface area contributed by atoms with Crippen molar-refractivity contribution in [1.29, 1.82) is 0 Å². The quantitative estimate of drug-likeness (QED) is 0.456. The second-order valence-electron chi connectivity index (χ2n) is 4.02. The first-order chi connectivity index (χ1) is 7.07. The van der Waals surface area contributed by atoms with E-state index in [1.165, 1.54) is 7.11 Å². The molecule has 2 aliphatic rings. The van der Waals surface area contributed by atoms with Crippen LogP contribution in [-0.4, -0.2) is 43.3 Å². The Hall–Kier alpha value is -0.940. The maximum Gasteiger partial charge on any atom is 0.349 e. The van der Waals surface area contributed by atoms with Crippen molar-refractivity contribution < 1.29 is 23.8 Å². The minimum Gasteiger partial charge on any atom is -0.466 e. The standard InChI is InChI=1S/C10H14O5/c1-9-4-3-7(11)10(9,8(12)13-2)15-6-5-14-9/h3-6H2,1-2H3/t9-,10-/m1/s1. The van der Waals surface area contributed by atoms with Crippen LogP contribution in [0.2, 0.25) is 0 Å². The van der Waals surface area contributed by atoms with Crippen LogP contribution in [0.4, 0.5) is 0 Å². The van der Waals surface area contributed by atoms with Gasteiger partial charge in [-0.15, -0.1) is 0 Å². The van der Waals surface area contributed by atoms with Gasteiger partial charge in [0.05, 0.1) is 20.3 Å². The van der Waals surface area contributed by atoms with Gasteiger partial charge in [0.15, 0.2) is 5.78 Å². The molecular weight excluding hydrogens is 200 g/mol. The molecule has 2 rings (SSSR count). The van der Waals surface area contributed by atoms with Gasteiger partial charge in [-0.1, -0.05) is 0 Å². The van der Waals surface area contributed by atoms with Gasteiger partial charge in [-0.05, 0) is 13.3 Å². The summed E-state index contributed by atoms with van der Waals surface area (Å²) in [6.45, 7) is 2.38. The van der Waals surface area contributed by atoms with E-state index >= 15 is 0 Å². The van der Waals surface area contributed by atoms with E-state index in [1.54, 1.807) is 6.92 Å². The van der Waals surface area contributed by atoms with Crippen LogP contribution in [0.5, 0.6) is 0 Å². The lowest BCUT2D eigenvalue weighted by Gasteiger charge is -2.42. The Balaban J connectivity index is 2.45. The Morgan fingerprint density at radius 1 is 1.40 bits per heavy atom. The van der Waals surface area contributed by atoms with Gasteiger partial charge in [-0.2, -0.15) is 0 Å². The molecule has 0 aromatic carbocycles. The smallest absolute Gasteiger partial charge is 0.349 e. The van der Waals surface area contributed by atoms with Gasteiger partial charge < -0.3 is 14.2 Å². The minimum atomic E-state index is -1.53. The molecule has 15 heavy (non-hydrogen) atoms. The summed E-state index contributed by atoms with van der Waals surface area (Å²) in [6.07, 6.45) is 0.798. The first kappa shape index (κ1) is 10.6. The Labute approximate surface area is 87.7 Å². The maximum atomic E-state index is 11.8. The zero-order chi connectivity index (χ0) is 11.1. The lowest BCUT2D eigenvalue weighted by molar-refractivity contribution is -0.238. The molecule has 0 aromatic heterocycles. The Morgan fingerprint density at radius 2 is 2.07 bits per heavy atom. The SMILES string of the molecule is COC(=O)[C@@]12OCCO[C@]1(C)CCC2=O. The molecule has 0 spiro atoms. The molecular formula is C10H14O5. The molecule has 1 saturated carbocycles. The van der Waals surface area contributed by atoms with E-state index in [2.05, 4.69) is 4.74 Å². The third-order valence-corrected chi connectivity index (χ3v) is 3.26. The van der Waals surface area contributed by atoms with Crippen molar-refractivity contribution in [2.24, 2.45) is 0 Å². The lowest BCUT2D eigenvalue weighted by Crippen LogP contribution is -2.64. The summed E-state index contributed by atoms with van der Waals surface area (Å²) in [5, 5.41) is 0. The fourth-order valence-electron chi connectivity index (χ4n) is 2.40. The van der Waals surface area contributed by atoms with Crippen molar-refractivity contribution in [3.8, 4) is 0 Å². The zero-order valence-electron chi connectivity index (χ0n) is 8.87. The summed E-state index contributed by atoms with van der Waals surface area (Å²) >= 11 is 0. The van der Waals surface area contributed by atoms with E-state index in [1.807, 2.05) is 0 Å². The molecule has 5 heteroatoms. The largest absolute Gasteiger partial charge is 0.466 e. The molecule has 2 atom stereocenters. The normalized spacial score (nSPS) is 40.0. The van der Waals surface area contributed by atoms with Gasteiger partial charge in [0.25, 0.3) is 5.60 Å². The van der Waals surface area contributed by atoms with Crippen molar-refractivity contribution >= 4 is 11.8 Å². The molecule has 0 amide bonds. The van der Waals surface area contributed by atoms with Crippen LogP contribution in [0.3, 0.4) is 0 Å². The molecule has 0 aromatic rings. The number of esters is 1. The molecule has 0 N–H and O–H groups in total. The highest BCUT2D eigenvalue weighted by Gasteiger charge is 2.67. The number of carbonyl (C=O) groups is 2. The van der Waals surface area contributed by atoms with Gasteiger partial charge >= 0.3 is 5.97 Å². The second-order valence-corrected chi connectivity index (χ2v) is 4.02. The van der Waals surface area contributed by atoms with Crippen LogP contribution in [0.1, 0.15) is 19.8 Å². The number of carbonyl (C=O) groups excluding carboxylic acids is 2. The molecule has 1 aliphatic carbocycles. The van der Waals surface area contributed by atoms with Crippen LogP contribution in [0.15, 0.2) is 0 Å². The summed E-state index contributed by atoms with van der Waals surface area (Å²) in [5.41, 5.74) is -2.39. The van der Waals surface area contributed by atoms with Crippen molar-refractivity contribution in [3.63, 3.8) is 0 Å². The third kappa shape index (κ3) is 1.16. The molecule has 5 nitrogen and oxygen atoms in total. The first-order valence-electron chi connectivity index (χ1n) is 4.96. The lowest BCUT2D eigenvalue weighted by atomic mass is 9.85. The summed E-state index contributed by atoms with van der Waals surface area (Å²) in [5.74, 6) is -0.885. The molecule has 1 heterocycles. The molecule has 1 aliphatic heterocycles. The number of hydrogen-bond donors (Lipinski definition) is 0. The van der Waals surface area contributed by atoms with Gasteiger partial charge in [0.2, 0.25) is 0 Å². The van der Waals surface area contributed by atoms with E-state index in [4.69, 9.17) is 9.47 Å². The third-order valence-electron chi connectivity index (χ3n) is 3.26. The van der Waals surface area contributed by atoms with Gasteiger partial charge in [0.1, 0.15) is 5.60 Å². The fraction of sp³-hybridized carbons (Fsp3) is 0.800. The Kier molecular flexibility index (Phi) is 2.31. The monoisotopic (exact) mass is 214 g/mol. The summed E-state index contributed by atoms with van der Waals surface area (Å²) in [4.78, 5) is 23.6. The van der Waals surface area contributed by atoms with E-state index in [0.29, 0.717) is 19.4 Å². The van der Waals surface area contributed by atoms with Gasteiger partial charge in [-0.25, -0.2) is 4.79 Å². The van der Waals surface area contributed by atoms with Crippen LogP contribution >= 0.6 is 0 Å². The summed E-state index contributed by atoms with van der Waals surface area (Å²) < 4.78 is 15.6. The number of Topliss-reactive ketones (excluding diaryl/α,β-unsaturated/α-hetero) is 1. The fourth-order valence-corrected chi connectivity index (χ4v) is 2.40. The van der Waals surface area contributed by atoms with E-state index in [9.17, 15) is 9.59 Å². The number of rotatable bonds is 1. The molecule has 0 unspecified atom stereocenters. The predicted molar refractivity (Wildman–Crippen MR) is 49.3 cm³/mol. The number of fused-ring (bicyclic) bond motifs is 1. The van der Waals surface area contributed by atoms with Crippen molar-refractivity contribution in [3.05, 3.63) is 0 Å². The number of methoxy groups -OCH3 is 1. The molecule has 0 radical (unpaired) electrons. The average Bonchev–Trinajstić information content (AvgIpc) is 2.52. The Bertz CT molecular complexity index is 313. The highest BCUT2D eigenvalue weighted by atomic mass is 16.6. The van der Waals surface area contributed by atoms with Crippen LogP contribution < -0.4 is 0 Å². The minimum absolute atomic E-state index is 0.239. The van der Waals surface area contributed by atoms with Gasteiger partial charge in [-0.3, -0.25) is 4.79 Å². The number of hydrogen-bond acceptors (Lipinski definition) is 5. The maximum absolute atomic E-state index is 11.8. The molecule has 2 fully saturated rings. The number of ether oxygens (including phenoxy) is 3. The molecule has 0 bridgehead atoms. The predicted octanol–water partition coefficient (Wildman–Crippen LogP) is 0.0666. The first-order valence-corrected chi connectivity index (χ1v) is 4.96.